The molecule has 206 valence electrons. The Morgan fingerprint density at radius 3 is 2.21 bits per heavy atom. The van der Waals surface area contributed by atoms with E-state index in [2.05, 4.69) is 75.2 Å². The molecular weight excluding hydrogens is 482 g/mol. The van der Waals surface area contributed by atoms with Crippen LogP contribution in [0, 0.1) is 13.8 Å². The molecule has 4 nitrogen and oxygen atoms in total. The normalized spacial score (nSPS) is 15.1. The third-order valence-electron chi connectivity index (χ3n) is 8.61. The summed E-state index contributed by atoms with van der Waals surface area (Å²) in [6, 6.07) is 17.5. The van der Waals surface area contributed by atoms with Gasteiger partial charge >= 0.3 is 5.97 Å². The molecule has 0 aliphatic heterocycles. The lowest BCUT2D eigenvalue weighted by Gasteiger charge is -2.34. The number of aryl methyl sites for hydroxylation is 2. The molecule has 4 heteroatoms. The molecule has 0 amide bonds. The van der Waals surface area contributed by atoms with E-state index in [4.69, 9.17) is 4.74 Å². The molecule has 1 saturated carbocycles. The summed E-state index contributed by atoms with van der Waals surface area (Å²) >= 11 is 0. The molecule has 1 heterocycles. The smallest absolute Gasteiger partial charge is 0.310 e. The highest BCUT2D eigenvalue weighted by molar-refractivity contribution is 5.73. The largest absolute Gasteiger partial charge is 0.466 e. The summed E-state index contributed by atoms with van der Waals surface area (Å²) in [4.78, 5) is 16.5. The number of aliphatic hydroxyl groups is 1. The van der Waals surface area contributed by atoms with Gasteiger partial charge in [-0.15, -0.1) is 0 Å². The first-order chi connectivity index (χ1) is 18.7. The minimum atomic E-state index is -0.642. The van der Waals surface area contributed by atoms with Crippen LogP contribution in [0.3, 0.4) is 0 Å². The molecule has 0 unspecified atom stereocenters. The van der Waals surface area contributed by atoms with Crippen LogP contribution in [-0.2, 0) is 21.4 Å². The zero-order valence-electron chi connectivity index (χ0n) is 24.2. The topological polar surface area (TPSA) is 59.4 Å². The number of nitrogens with zero attached hydrogens (tertiary/aromatic N) is 1. The second-order valence-corrected chi connectivity index (χ2v) is 11.1. The molecule has 1 aromatic heterocycles. The summed E-state index contributed by atoms with van der Waals surface area (Å²) in [6.45, 7) is 11.1. The highest BCUT2D eigenvalue weighted by atomic mass is 16.5. The van der Waals surface area contributed by atoms with Crippen LogP contribution in [0.4, 0.5) is 0 Å². The predicted molar refractivity (Wildman–Crippen MR) is 160 cm³/mol. The van der Waals surface area contributed by atoms with Crippen LogP contribution in [0.5, 0.6) is 0 Å². The number of pyridine rings is 1. The average Bonchev–Trinajstić information content (AvgIpc) is 3.36. The lowest BCUT2D eigenvalue weighted by molar-refractivity contribution is -0.142. The van der Waals surface area contributed by atoms with E-state index in [1.54, 1.807) is 6.20 Å². The number of hydrogen-bond acceptors (Lipinski definition) is 4. The molecule has 1 aliphatic rings. The van der Waals surface area contributed by atoms with Crippen LogP contribution >= 0.6 is 0 Å². The number of hydrogen-bond donors (Lipinski definition) is 1. The van der Waals surface area contributed by atoms with Crippen molar-refractivity contribution in [3.63, 3.8) is 0 Å². The number of carbonyl (C=O) groups is 1. The van der Waals surface area contributed by atoms with Crippen LogP contribution in [-0.4, -0.2) is 28.3 Å². The van der Waals surface area contributed by atoms with Gasteiger partial charge in [0, 0.05) is 17.2 Å². The molecule has 0 saturated heterocycles. The minimum absolute atomic E-state index is 0.0864. The molecule has 1 N–H and O–H groups in total. The average molecular weight is 526 g/mol. The Morgan fingerprint density at radius 1 is 0.974 bits per heavy atom. The second kappa shape index (κ2) is 12.3. The Kier molecular flexibility index (Phi) is 9.07. The molecule has 39 heavy (non-hydrogen) atoms. The molecule has 0 bridgehead atoms. The fourth-order valence-electron chi connectivity index (χ4n) is 6.11. The molecule has 1 aliphatic carbocycles. The van der Waals surface area contributed by atoms with Gasteiger partial charge in [-0.05, 0) is 85.9 Å². The second-order valence-electron chi connectivity index (χ2n) is 11.1. The molecule has 0 atom stereocenters. The maximum Gasteiger partial charge on any atom is 0.310 e. The van der Waals surface area contributed by atoms with Crippen LogP contribution in [0.25, 0.3) is 17.3 Å². The third-order valence-corrected chi connectivity index (χ3v) is 8.61. The summed E-state index contributed by atoms with van der Waals surface area (Å²) < 4.78 is 5.05. The zero-order chi connectivity index (χ0) is 28.0. The van der Waals surface area contributed by atoms with E-state index in [9.17, 15) is 9.90 Å². The van der Waals surface area contributed by atoms with Gasteiger partial charge in [0.05, 0.1) is 24.3 Å². The number of rotatable bonds is 10. The van der Waals surface area contributed by atoms with Gasteiger partial charge in [0.2, 0.25) is 0 Å². The van der Waals surface area contributed by atoms with E-state index in [1.165, 1.54) is 27.8 Å². The quantitative estimate of drug-likeness (QED) is 0.273. The van der Waals surface area contributed by atoms with E-state index < -0.39 is 5.60 Å². The summed E-state index contributed by atoms with van der Waals surface area (Å²) in [5, 5.41) is 10.7. The van der Waals surface area contributed by atoms with Crippen molar-refractivity contribution < 1.29 is 14.6 Å². The van der Waals surface area contributed by atoms with Crippen LogP contribution in [0.15, 0.2) is 60.8 Å². The third kappa shape index (κ3) is 6.33. The highest BCUT2D eigenvalue weighted by Crippen LogP contribution is 2.41. The van der Waals surface area contributed by atoms with Crippen LogP contribution in [0.2, 0.25) is 0 Å². The van der Waals surface area contributed by atoms with Crippen molar-refractivity contribution >= 4 is 12.0 Å². The van der Waals surface area contributed by atoms with Crippen molar-refractivity contribution in [1.29, 1.82) is 0 Å². The first kappa shape index (κ1) is 28.8. The Bertz CT molecular complexity index is 1310. The first-order valence-electron chi connectivity index (χ1n) is 14.5. The maximum absolute atomic E-state index is 11.8. The number of esters is 1. The summed E-state index contributed by atoms with van der Waals surface area (Å²) in [5.41, 5.74) is 8.37. The monoisotopic (exact) mass is 525 g/mol. The summed E-state index contributed by atoms with van der Waals surface area (Å²) in [6.07, 6.45) is 12.0. The molecule has 0 radical (unpaired) electrons. The van der Waals surface area contributed by atoms with Gasteiger partial charge in [-0.3, -0.25) is 9.78 Å². The Labute approximate surface area is 234 Å². The van der Waals surface area contributed by atoms with E-state index in [-0.39, 0.29) is 17.8 Å². The van der Waals surface area contributed by atoms with Gasteiger partial charge in [-0.2, -0.15) is 0 Å². The molecule has 1 fully saturated rings. The van der Waals surface area contributed by atoms with Gasteiger partial charge < -0.3 is 9.84 Å². The van der Waals surface area contributed by atoms with Crippen LogP contribution in [0.1, 0.15) is 92.7 Å². The van der Waals surface area contributed by atoms with Gasteiger partial charge in [-0.1, -0.05) is 81.3 Å². The highest BCUT2D eigenvalue weighted by Gasteiger charge is 2.32. The fraction of sp³-hybridized carbons (Fsp3) is 0.429. The Morgan fingerprint density at radius 2 is 1.64 bits per heavy atom. The van der Waals surface area contributed by atoms with Gasteiger partial charge in [-0.25, -0.2) is 0 Å². The van der Waals surface area contributed by atoms with E-state index in [0.29, 0.717) is 6.61 Å². The Hall–Kier alpha value is -3.24. The lowest BCUT2D eigenvalue weighted by atomic mass is 9.69. The van der Waals surface area contributed by atoms with Gasteiger partial charge in [0.1, 0.15) is 0 Å². The number of benzene rings is 2. The van der Waals surface area contributed by atoms with Crippen LogP contribution < -0.4 is 0 Å². The lowest BCUT2D eigenvalue weighted by Crippen LogP contribution is -2.26. The van der Waals surface area contributed by atoms with Gasteiger partial charge in [0.25, 0.3) is 0 Å². The zero-order valence-corrected chi connectivity index (χ0v) is 24.2. The number of carbonyl (C=O) groups excluding carboxylic acids is 1. The molecule has 0 spiro atoms. The van der Waals surface area contributed by atoms with Crippen molar-refractivity contribution in [3.8, 4) is 11.3 Å². The molecule has 2 aromatic carbocycles. The molecule has 4 rings (SSSR count). The van der Waals surface area contributed by atoms with Gasteiger partial charge in [0.15, 0.2) is 0 Å². The van der Waals surface area contributed by atoms with Crippen molar-refractivity contribution in [2.75, 3.05) is 6.61 Å². The Balaban J connectivity index is 1.60. The van der Waals surface area contributed by atoms with E-state index in [1.807, 2.05) is 25.1 Å². The number of aromatic nitrogens is 1. The predicted octanol–water partition coefficient (Wildman–Crippen LogP) is 7.90. The minimum Gasteiger partial charge on any atom is -0.466 e. The molecular formula is C35H43NO3. The number of ether oxygens (including phenoxy) is 1. The fourth-order valence-corrected chi connectivity index (χ4v) is 6.11. The van der Waals surface area contributed by atoms with E-state index >= 15 is 0 Å². The van der Waals surface area contributed by atoms with Crippen molar-refractivity contribution in [2.45, 2.75) is 90.6 Å². The molecule has 3 aromatic rings. The summed E-state index contributed by atoms with van der Waals surface area (Å²) in [7, 11) is 0. The van der Waals surface area contributed by atoms with Crippen molar-refractivity contribution in [2.24, 2.45) is 0 Å². The van der Waals surface area contributed by atoms with E-state index in [0.717, 1.165) is 55.3 Å². The van der Waals surface area contributed by atoms with Crippen molar-refractivity contribution in [3.05, 3.63) is 94.2 Å². The van der Waals surface area contributed by atoms with Crippen molar-refractivity contribution in [1.82, 2.24) is 4.98 Å². The first-order valence-corrected chi connectivity index (χ1v) is 14.5. The standard InChI is InChI=1S/C35H43NO3/c1-6-35(7-2,29-13-12-28(25(4)21-29)17-20-34(38)18-9-10-19-34)30-14-15-31(26(5)22-30)32-16-11-27(24-36-32)23-33(37)39-8-3/h11-17,20-22,24,38H,6-10,18-19,23H2,1-5H3. The SMILES string of the molecule is CCOC(=O)Cc1ccc(-c2ccc(C(CC)(CC)c3ccc(C=CC4(O)CCCC4)c(C)c3)cc2C)nc1. The summed E-state index contributed by atoms with van der Waals surface area (Å²) in [5.74, 6) is -0.228. The maximum atomic E-state index is 11.8.